The summed E-state index contributed by atoms with van der Waals surface area (Å²) in [5.41, 5.74) is 1.22. The Morgan fingerprint density at radius 3 is 2.73 bits per heavy atom. The number of thioether (sulfide) groups is 1. The number of hydrogen-bond donors (Lipinski definition) is 0. The van der Waals surface area contributed by atoms with Crippen LogP contribution in [0, 0.1) is 25.2 Å². The first-order valence-electron chi connectivity index (χ1n) is 4.26. The van der Waals surface area contributed by atoms with Gasteiger partial charge in [-0.05, 0) is 13.8 Å². The predicted molar refractivity (Wildman–Crippen MR) is 61.9 cm³/mol. The summed E-state index contributed by atoms with van der Waals surface area (Å²) in [6, 6.07) is 2.10. The fourth-order valence-corrected chi connectivity index (χ4v) is 2.05. The van der Waals surface area contributed by atoms with E-state index in [2.05, 4.69) is 22.6 Å². The molecule has 0 atom stereocenters. The molecule has 78 valence electrons. The van der Waals surface area contributed by atoms with E-state index in [0.717, 1.165) is 0 Å². The average Bonchev–Trinajstić information content (AvgIpc) is 2.13. The molecule has 0 amide bonds. The highest BCUT2D eigenvalue weighted by molar-refractivity contribution is 7.99. The summed E-state index contributed by atoms with van der Waals surface area (Å²) in [6.45, 7) is 7.19. The van der Waals surface area contributed by atoms with Crippen LogP contribution in [-0.2, 0) is 0 Å². The summed E-state index contributed by atoms with van der Waals surface area (Å²) >= 11 is 7.06. The van der Waals surface area contributed by atoms with Crippen molar-refractivity contribution in [1.82, 2.24) is 9.97 Å². The molecule has 0 aliphatic rings. The standard InChI is InChI=1S/C10H10ClN3S/c1-6(11)5-15-10-9(4-12)7(2)13-8(3)14-10/h1,5H2,2-3H3. The van der Waals surface area contributed by atoms with Crippen LogP contribution in [0.3, 0.4) is 0 Å². The maximum atomic E-state index is 8.96. The molecular weight excluding hydrogens is 230 g/mol. The largest absolute Gasteiger partial charge is 0.237 e. The summed E-state index contributed by atoms with van der Waals surface area (Å²) in [5.74, 6) is 1.21. The fourth-order valence-electron chi connectivity index (χ4n) is 1.06. The zero-order valence-corrected chi connectivity index (χ0v) is 10.1. The molecule has 0 radical (unpaired) electrons. The van der Waals surface area contributed by atoms with Crippen molar-refractivity contribution in [3.63, 3.8) is 0 Å². The topological polar surface area (TPSA) is 49.6 Å². The summed E-state index contributed by atoms with van der Waals surface area (Å²) in [7, 11) is 0. The molecule has 1 heterocycles. The van der Waals surface area contributed by atoms with Crippen LogP contribution in [0.25, 0.3) is 0 Å². The SMILES string of the molecule is C=C(Cl)CSc1nc(C)nc(C)c1C#N. The number of rotatable bonds is 3. The summed E-state index contributed by atoms with van der Waals surface area (Å²) in [4.78, 5) is 8.34. The molecule has 1 aromatic heterocycles. The van der Waals surface area contributed by atoms with E-state index < -0.39 is 0 Å². The molecule has 1 aromatic rings. The molecule has 5 heteroatoms. The molecule has 0 fully saturated rings. The summed E-state index contributed by atoms with van der Waals surface area (Å²) in [5, 5.41) is 10.2. The Morgan fingerprint density at radius 1 is 1.53 bits per heavy atom. The van der Waals surface area contributed by atoms with Crippen molar-refractivity contribution in [2.24, 2.45) is 0 Å². The minimum absolute atomic E-state index is 0.517. The number of aromatic nitrogens is 2. The van der Waals surface area contributed by atoms with Crippen LogP contribution in [0.15, 0.2) is 16.6 Å². The highest BCUT2D eigenvalue weighted by Crippen LogP contribution is 2.24. The third-order valence-corrected chi connectivity index (χ3v) is 3.00. The van der Waals surface area contributed by atoms with Gasteiger partial charge in [-0.25, -0.2) is 9.97 Å². The van der Waals surface area contributed by atoms with Gasteiger partial charge in [0.1, 0.15) is 22.5 Å². The van der Waals surface area contributed by atoms with E-state index in [4.69, 9.17) is 16.9 Å². The quantitative estimate of drug-likeness (QED) is 0.601. The zero-order chi connectivity index (χ0) is 11.4. The average molecular weight is 240 g/mol. The van der Waals surface area contributed by atoms with Gasteiger partial charge in [-0.15, -0.1) is 0 Å². The second-order valence-electron chi connectivity index (χ2n) is 2.95. The molecule has 0 aliphatic heterocycles. The van der Waals surface area contributed by atoms with Crippen molar-refractivity contribution in [3.8, 4) is 6.07 Å². The van der Waals surface area contributed by atoms with E-state index in [9.17, 15) is 0 Å². The van der Waals surface area contributed by atoms with Crippen LogP contribution in [0.1, 0.15) is 17.1 Å². The predicted octanol–water partition coefficient (Wildman–Crippen LogP) is 2.81. The highest BCUT2D eigenvalue weighted by atomic mass is 35.5. The van der Waals surface area contributed by atoms with Crippen LogP contribution in [-0.4, -0.2) is 15.7 Å². The van der Waals surface area contributed by atoms with E-state index in [-0.39, 0.29) is 0 Å². The van der Waals surface area contributed by atoms with Crippen molar-refractivity contribution < 1.29 is 0 Å². The molecule has 0 unspecified atom stereocenters. The van der Waals surface area contributed by atoms with E-state index in [1.54, 1.807) is 13.8 Å². The Bertz CT molecular complexity index is 437. The minimum atomic E-state index is 0.517. The molecule has 1 rings (SSSR count). The lowest BCUT2D eigenvalue weighted by Gasteiger charge is -2.05. The van der Waals surface area contributed by atoms with Gasteiger partial charge < -0.3 is 0 Å². The van der Waals surface area contributed by atoms with Crippen LogP contribution in [0.2, 0.25) is 0 Å². The lowest BCUT2D eigenvalue weighted by atomic mass is 10.3. The van der Waals surface area contributed by atoms with Crippen molar-refractivity contribution in [2.75, 3.05) is 5.75 Å². The molecule has 0 saturated heterocycles. The maximum absolute atomic E-state index is 8.96. The van der Waals surface area contributed by atoms with Gasteiger partial charge >= 0.3 is 0 Å². The van der Waals surface area contributed by atoms with E-state index >= 15 is 0 Å². The molecule has 0 spiro atoms. The van der Waals surface area contributed by atoms with Crippen molar-refractivity contribution in [2.45, 2.75) is 18.9 Å². The van der Waals surface area contributed by atoms with Gasteiger partial charge in [0, 0.05) is 10.8 Å². The molecule has 0 bridgehead atoms. The second kappa shape index (κ2) is 5.15. The summed E-state index contributed by atoms with van der Waals surface area (Å²) < 4.78 is 0. The van der Waals surface area contributed by atoms with Crippen LogP contribution >= 0.6 is 23.4 Å². The zero-order valence-electron chi connectivity index (χ0n) is 8.54. The van der Waals surface area contributed by atoms with E-state index in [1.807, 2.05) is 0 Å². The van der Waals surface area contributed by atoms with Gasteiger partial charge in [0.15, 0.2) is 0 Å². The van der Waals surface area contributed by atoms with Crippen molar-refractivity contribution in [3.05, 3.63) is 28.7 Å². The third kappa shape index (κ3) is 3.22. The second-order valence-corrected chi connectivity index (χ2v) is 4.45. The van der Waals surface area contributed by atoms with Crippen LogP contribution in [0.4, 0.5) is 0 Å². The Hall–Kier alpha value is -1.05. The first-order chi connectivity index (χ1) is 7.04. The number of aryl methyl sites for hydroxylation is 2. The Morgan fingerprint density at radius 2 is 2.20 bits per heavy atom. The Kier molecular flexibility index (Phi) is 4.13. The molecule has 15 heavy (non-hydrogen) atoms. The monoisotopic (exact) mass is 239 g/mol. The van der Waals surface area contributed by atoms with Gasteiger partial charge in [-0.1, -0.05) is 29.9 Å². The molecule has 0 aliphatic carbocycles. The first-order valence-corrected chi connectivity index (χ1v) is 5.62. The number of hydrogen-bond acceptors (Lipinski definition) is 4. The molecule has 0 aromatic carbocycles. The maximum Gasteiger partial charge on any atom is 0.126 e. The van der Waals surface area contributed by atoms with Crippen LogP contribution in [0.5, 0.6) is 0 Å². The van der Waals surface area contributed by atoms with Gasteiger partial charge in [0.05, 0.1) is 5.69 Å². The number of nitrogens with zero attached hydrogens (tertiary/aromatic N) is 3. The van der Waals surface area contributed by atoms with Crippen molar-refractivity contribution in [1.29, 1.82) is 5.26 Å². The van der Waals surface area contributed by atoms with Crippen LogP contribution < -0.4 is 0 Å². The number of nitriles is 1. The van der Waals surface area contributed by atoms with Gasteiger partial charge in [-0.3, -0.25) is 0 Å². The molecule has 3 nitrogen and oxygen atoms in total. The van der Waals surface area contributed by atoms with Gasteiger partial charge in [-0.2, -0.15) is 5.26 Å². The Labute approximate surface area is 98.2 Å². The van der Waals surface area contributed by atoms with Crippen molar-refractivity contribution >= 4 is 23.4 Å². The minimum Gasteiger partial charge on any atom is -0.237 e. The van der Waals surface area contributed by atoms with Gasteiger partial charge in [0.2, 0.25) is 0 Å². The first kappa shape index (κ1) is 12.0. The fraction of sp³-hybridized carbons (Fsp3) is 0.300. The lowest BCUT2D eigenvalue weighted by Crippen LogP contribution is -1.99. The lowest BCUT2D eigenvalue weighted by molar-refractivity contribution is 0.924. The number of halogens is 1. The highest BCUT2D eigenvalue weighted by Gasteiger charge is 2.10. The van der Waals surface area contributed by atoms with E-state index in [1.165, 1.54) is 11.8 Å². The molecule has 0 saturated carbocycles. The Balaban J connectivity index is 3.05. The third-order valence-electron chi connectivity index (χ3n) is 1.65. The summed E-state index contributed by atoms with van der Waals surface area (Å²) in [6.07, 6.45) is 0. The van der Waals surface area contributed by atoms with Gasteiger partial charge in [0.25, 0.3) is 0 Å². The molecule has 0 N–H and O–H groups in total. The normalized spacial score (nSPS) is 9.73. The smallest absolute Gasteiger partial charge is 0.126 e. The molecular formula is C10H10ClN3S. The van der Waals surface area contributed by atoms with E-state index in [0.29, 0.717) is 32.9 Å².